The van der Waals surface area contributed by atoms with Gasteiger partial charge < -0.3 is 10.6 Å². The second kappa shape index (κ2) is 5.62. The highest BCUT2D eigenvalue weighted by atomic mass is 35.5. The third-order valence-corrected chi connectivity index (χ3v) is 2.51. The van der Waals surface area contributed by atoms with Crippen LogP contribution in [0.1, 0.15) is 14.5 Å². The number of halogens is 2. The number of carbonyl (C=O) groups is 1. The fraction of sp³-hybridized carbons (Fsp3) is 0.0833. The Morgan fingerprint density at radius 2 is 2.16 bits per heavy atom. The highest BCUT2D eigenvalue weighted by molar-refractivity contribution is 6.34. The molecule has 2 heterocycles. The normalized spacial score (nSPS) is 13.1. The van der Waals surface area contributed by atoms with E-state index < -0.39 is 18.7 Å². The first-order valence-corrected chi connectivity index (χ1v) is 5.49. The van der Waals surface area contributed by atoms with Gasteiger partial charge in [0.25, 0.3) is 5.91 Å². The predicted octanol–water partition coefficient (Wildman–Crippen LogP) is 2.37. The molecule has 7 heteroatoms. The van der Waals surface area contributed by atoms with Crippen LogP contribution in [0.15, 0.2) is 30.6 Å². The predicted molar refractivity (Wildman–Crippen MR) is 70.1 cm³/mol. The number of hydrogen-bond acceptors (Lipinski definition) is 4. The van der Waals surface area contributed by atoms with Crippen LogP contribution in [0.25, 0.3) is 0 Å². The van der Waals surface area contributed by atoms with Gasteiger partial charge in [-0.1, -0.05) is 11.6 Å². The van der Waals surface area contributed by atoms with Crippen molar-refractivity contribution in [1.82, 2.24) is 15.3 Å². The summed E-state index contributed by atoms with van der Waals surface area (Å²) in [5.41, 5.74) is -0.0737. The van der Waals surface area contributed by atoms with Crippen molar-refractivity contribution >= 4 is 29.1 Å². The van der Waals surface area contributed by atoms with Crippen LogP contribution in [-0.2, 0) is 0 Å². The number of aromatic nitrogens is 2. The Morgan fingerprint density at radius 3 is 2.79 bits per heavy atom. The summed E-state index contributed by atoms with van der Waals surface area (Å²) in [5.74, 6) is -0.726. The molecule has 0 aliphatic rings. The molecule has 0 saturated heterocycles. The van der Waals surface area contributed by atoms with Crippen molar-refractivity contribution in [2.75, 3.05) is 12.3 Å². The van der Waals surface area contributed by atoms with Crippen molar-refractivity contribution in [3.8, 4) is 0 Å². The van der Waals surface area contributed by atoms with E-state index in [2.05, 4.69) is 15.3 Å². The first kappa shape index (κ1) is 9.69. The van der Waals surface area contributed by atoms with Crippen LogP contribution >= 0.6 is 11.6 Å². The molecule has 1 amide bonds. The third-order valence-electron chi connectivity index (χ3n) is 2.20. The number of pyridine rings is 2. The molecule has 0 aromatic carbocycles. The summed E-state index contributed by atoms with van der Waals surface area (Å²) < 4.78 is 33.7. The number of nitrogens with zero attached hydrogens (tertiary/aromatic N) is 2. The molecule has 0 aliphatic carbocycles. The van der Waals surface area contributed by atoms with Gasteiger partial charge in [-0.15, -0.1) is 0 Å². The van der Waals surface area contributed by atoms with Crippen LogP contribution < -0.4 is 10.6 Å². The average molecular weight is 284 g/mol. The molecule has 5 nitrogen and oxygen atoms in total. The van der Waals surface area contributed by atoms with E-state index in [0.717, 1.165) is 12.4 Å². The number of anilines is 2. The molecule has 2 N–H and O–H groups in total. The van der Waals surface area contributed by atoms with Crippen LogP contribution in [0.4, 0.5) is 16.0 Å². The van der Waals surface area contributed by atoms with E-state index in [1.165, 1.54) is 18.2 Å². The van der Waals surface area contributed by atoms with Gasteiger partial charge in [0, 0.05) is 23.4 Å². The van der Waals surface area contributed by atoms with E-state index in [0.29, 0.717) is 5.82 Å². The number of carbonyl (C=O) groups excluding carboxylic acids is 1. The smallest absolute Gasteiger partial charge is 0.254 e. The maximum Gasteiger partial charge on any atom is 0.254 e. The number of nitrogens with one attached hydrogen (secondary N) is 2. The zero-order valence-electron chi connectivity index (χ0n) is 12.4. The van der Waals surface area contributed by atoms with Gasteiger partial charge in [0.1, 0.15) is 17.5 Å². The highest BCUT2D eigenvalue weighted by Crippen LogP contribution is 2.20. The molecule has 19 heavy (non-hydrogen) atoms. The Kier molecular flexibility index (Phi) is 2.86. The van der Waals surface area contributed by atoms with E-state index in [-0.39, 0.29) is 16.4 Å². The first-order valence-electron chi connectivity index (χ1n) is 6.61. The van der Waals surface area contributed by atoms with Crippen LogP contribution in [0, 0.1) is 5.82 Å². The fourth-order valence-corrected chi connectivity index (χ4v) is 1.55. The number of amides is 1. The molecule has 2 rings (SSSR count). The Hall–Kier alpha value is -2.21. The monoisotopic (exact) mass is 283 g/mol. The Bertz CT molecular complexity index is 694. The molecular weight excluding hydrogens is 271 g/mol. The minimum atomic E-state index is -2.62. The van der Waals surface area contributed by atoms with Gasteiger partial charge >= 0.3 is 0 Å². The Balaban J connectivity index is 2.15. The van der Waals surface area contributed by atoms with Crippen LogP contribution in [0.3, 0.4) is 0 Å². The van der Waals surface area contributed by atoms with Crippen molar-refractivity contribution in [2.24, 2.45) is 0 Å². The van der Waals surface area contributed by atoms with Crippen molar-refractivity contribution in [1.29, 1.82) is 0 Å². The molecule has 0 atom stereocenters. The minimum Gasteiger partial charge on any atom is -0.355 e. The van der Waals surface area contributed by atoms with Crippen LogP contribution in [0.5, 0.6) is 0 Å². The lowest BCUT2D eigenvalue weighted by Gasteiger charge is -2.07. The standard InChI is InChI=1S/C12H10ClFN4O/c1-15-12(19)8-6-17-11(4-9(8)13)18-10-3-2-7(14)5-16-10/h2-6H,1H3,(H,15,19)(H,16,17,18)/i1D3. The molecule has 0 bridgehead atoms. The van der Waals surface area contributed by atoms with Crippen molar-refractivity contribution < 1.29 is 13.3 Å². The Labute approximate surface area is 118 Å². The molecule has 2 aromatic rings. The topological polar surface area (TPSA) is 66.9 Å². The minimum absolute atomic E-state index is 0.0151. The molecule has 0 fully saturated rings. The zero-order chi connectivity index (χ0) is 16.3. The molecular formula is C12H10ClFN4O. The van der Waals surface area contributed by atoms with Gasteiger partial charge in [0.05, 0.1) is 16.8 Å². The van der Waals surface area contributed by atoms with E-state index in [4.69, 9.17) is 15.7 Å². The number of hydrogen-bond donors (Lipinski definition) is 2. The van der Waals surface area contributed by atoms with Crippen LogP contribution in [-0.4, -0.2) is 22.9 Å². The lowest BCUT2D eigenvalue weighted by Crippen LogP contribution is -2.18. The molecule has 0 spiro atoms. The van der Waals surface area contributed by atoms with Gasteiger partial charge in [0.2, 0.25) is 0 Å². The largest absolute Gasteiger partial charge is 0.355 e. The van der Waals surface area contributed by atoms with Crippen molar-refractivity contribution in [3.63, 3.8) is 0 Å². The fourth-order valence-electron chi connectivity index (χ4n) is 1.31. The second-order valence-corrected chi connectivity index (χ2v) is 3.90. The summed E-state index contributed by atoms with van der Waals surface area (Å²) in [6.45, 7) is -2.62. The SMILES string of the molecule is [2H]C([2H])([2H])NC(=O)c1cnc(Nc2ccc(F)cn2)cc1Cl. The summed E-state index contributed by atoms with van der Waals surface area (Å²) in [5, 5.41) is 4.60. The van der Waals surface area contributed by atoms with Crippen LogP contribution in [0.2, 0.25) is 5.02 Å². The van der Waals surface area contributed by atoms with E-state index in [9.17, 15) is 9.18 Å². The quantitative estimate of drug-likeness (QED) is 0.907. The van der Waals surface area contributed by atoms with Gasteiger partial charge in [0.15, 0.2) is 0 Å². The summed E-state index contributed by atoms with van der Waals surface area (Å²) in [7, 11) is 0. The molecule has 2 aromatic heterocycles. The maximum absolute atomic E-state index is 12.7. The van der Waals surface area contributed by atoms with Crippen molar-refractivity contribution in [3.05, 3.63) is 47.0 Å². The zero-order valence-corrected chi connectivity index (χ0v) is 10.2. The van der Waals surface area contributed by atoms with E-state index in [1.807, 2.05) is 5.32 Å². The van der Waals surface area contributed by atoms with Gasteiger partial charge in [-0.3, -0.25) is 4.79 Å². The number of rotatable bonds is 3. The third kappa shape index (κ3) is 3.17. The first-order chi connectivity index (χ1) is 10.2. The molecule has 0 saturated carbocycles. The highest BCUT2D eigenvalue weighted by Gasteiger charge is 2.10. The van der Waals surface area contributed by atoms with Gasteiger partial charge in [-0.25, -0.2) is 14.4 Å². The molecule has 0 radical (unpaired) electrons. The van der Waals surface area contributed by atoms with Crippen molar-refractivity contribution in [2.45, 2.75) is 0 Å². The second-order valence-electron chi connectivity index (χ2n) is 3.49. The van der Waals surface area contributed by atoms with E-state index in [1.54, 1.807) is 0 Å². The summed E-state index contributed by atoms with van der Waals surface area (Å²) in [4.78, 5) is 19.4. The summed E-state index contributed by atoms with van der Waals surface area (Å²) in [6, 6.07) is 3.95. The maximum atomic E-state index is 12.7. The Morgan fingerprint density at radius 1 is 1.37 bits per heavy atom. The van der Waals surface area contributed by atoms with Gasteiger partial charge in [-0.05, 0) is 12.1 Å². The lowest BCUT2D eigenvalue weighted by molar-refractivity contribution is 0.0963. The van der Waals surface area contributed by atoms with E-state index >= 15 is 0 Å². The summed E-state index contributed by atoms with van der Waals surface area (Å²) >= 11 is 5.94. The lowest BCUT2D eigenvalue weighted by atomic mass is 10.2. The average Bonchev–Trinajstić information content (AvgIpc) is 2.39. The molecule has 0 unspecified atom stereocenters. The van der Waals surface area contributed by atoms with Gasteiger partial charge in [-0.2, -0.15) is 0 Å². The molecule has 98 valence electrons. The molecule has 0 aliphatic heterocycles. The summed E-state index contributed by atoms with van der Waals surface area (Å²) in [6.07, 6.45) is 2.16.